The summed E-state index contributed by atoms with van der Waals surface area (Å²) in [6.45, 7) is -1.53. The van der Waals surface area contributed by atoms with Gasteiger partial charge in [0.1, 0.15) is 11.4 Å². The Morgan fingerprint density at radius 3 is 3.20 bits per heavy atom. The van der Waals surface area contributed by atoms with Crippen molar-refractivity contribution in [1.82, 2.24) is 9.55 Å². The standard InChI is InChI=1S/C16H12N3S/c1-18-13-12-7-4-8-17-14(12)20-16(13)19-9-10-5-2-3-6-11(10)15(18)19/h2-8H,9H2,1H3/q+1/i1D3. The minimum atomic E-state index is -2.24. The summed E-state index contributed by atoms with van der Waals surface area (Å²) in [7, 11) is 0. The first-order chi connectivity index (χ1) is 11.1. The summed E-state index contributed by atoms with van der Waals surface area (Å²) < 4.78 is 27.8. The van der Waals surface area contributed by atoms with Crippen LogP contribution < -0.4 is 4.57 Å². The maximum absolute atomic E-state index is 8.06. The Labute approximate surface area is 123 Å². The van der Waals surface area contributed by atoms with Crippen LogP contribution in [0.2, 0.25) is 0 Å². The van der Waals surface area contributed by atoms with Crippen molar-refractivity contribution in [3.05, 3.63) is 48.2 Å². The van der Waals surface area contributed by atoms with Crippen molar-refractivity contribution in [3.63, 3.8) is 0 Å². The summed E-state index contributed by atoms with van der Waals surface area (Å²) >= 11 is 1.56. The molecule has 1 aromatic carbocycles. The molecule has 5 rings (SSSR count). The van der Waals surface area contributed by atoms with Gasteiger partial charge in [0, 0.05) is 11.8 Å². The van der Waals surface area contributed by atoms with Gasteiger partial charge in [-0.1, -0.05) is 29.5 Å². The van der Waals surface area contributed by atoms with Gasteiger partial charge in [0.05, 0.1) is 22.0 Å². The molecule has 3 aromatic heterocycles. The van der Waals surface area contributed by atoms with Gasteiger partial charge < -0.3 is 0 Å². The van der Waals surface area contributed by atoms with Gasteiger partial charge in [0.2, 0.25) is 4.83 Å². The third-order valence-electron chi connectivity index (χ3n) is 3.95. The zero-order valence-corrected chi connectivity index (χ0v) is 11.3. The van der Waals surface area contributed by atoms with Crippen LogP contribution in [-0.4, -0.2) is 9.55 Å². The maximum Gasteiger partial charge on any atom is 0.291 e. The molecule has 0 fully saturated rings. The number of aromatic nitrogens is 3. The zero-order chi connectivity index (χ0) is 15.8. The van der Waals surface area contributed by atoms with E-state index in [9.17, 15) is 0 Å². The summed E-state index contributed by atoms with van der Waals surface area (Å²) in [5, 5.41) is 0.906. The molecule has 0 N–H and O–H groups in total. The van der Waals surface area contributed by atoms with Gasteiger partial charge in [-0.2, -0.15) is 0 Å². The lowest BCUT2D eigenvalue weighted by molar-refractivity contribution is -0.644. The van der Waals surface area contributed by atoms with Gasteiger partial charge in [-0.25, -0.2) is 14.1 Å². The number of hydrogen-bond acceptors (Lipinski definition) is 2. The van der Waals surface area contributed by atoms with Crippen molar-refractivity contribution in [2.45, 2.75) is 6.54 Å². The average Bonchev–Trinajstić information content (AvgIpc) is 3.13. The molecule has 0 aliphatic carbocycles. The van der Waals surface area contributed by atoms with Crippen LogP contribution in [0.1, 0.15) is 9.68 Å². The topological polar surface area (TPSA) is 21.7 Å². The first-order valence-electron chi connectivity index (χ1n) is 7.96. The summed E-state index contributed by atoms with van der Waals surface area (Å²) in [4.78, 5) is 6.25. The Hall–Kier alpha value is -2.20. The molecule has 96 valence electrons. The van der Waals surface area contributed by atoms with Gasteiger partial charge in [-0.05, 0) is 18.2 Å². The Kier molecular flexibility index (Phi) is 1.41. The third-order valence-corrected chi connectivity index (χ3v) is 5.07. The highest BCUT2D eigenvalue weighted by molar-refractivity contribution is 7.24. The van der Waals surface area contributed by atoms with Crippen molar-refractivity contribution in [1.29, 1.82) is 0 Å². The lowest BCUT2D eigenvalue weighted by Crippen LogP contribution is -2.30. The molecule has 1 aliphatic heterocycles. The van der Waals surface area contributed by atoms with E-state index in [0.29, 0.717) is 6.54 Å². The number of imidazole rings is 1. The first-order valence-corrected chi connectivity index (χ1v) is 7.28. The molecule has 0 saturated heterocycles. The van der Waals surface area contributed by atoms with E-state index in [1.165, 1.54) is 4.57 Å². The quantitative estimate of drug-likeness (QED) is 0.400. The fourth-order valence-corrected chi connectivity index (χ4v) is 4.22. The van der Waals surface area contributed by atoms with E-state index in [1.807, 2.05) is 30.3 Å². The number of rotatable bonds is 0. The molecular formula is C16H12N3S+. The van der Waals surface area contributed by atoms with Gasteiger partial charge >= 0.3 is 0 Å². The highest BCUT2D eigenvalue weighted by atomic mass is 32.1. The second kappa shape index (κ2) is 3.46. The van der Waals surface area contributed by atoms with Crippen molar-refractivity contribution in [3.8, 4) is 11.4 Å². The zero-order valence-electron chi connectivity index (χ0n) is 13.5. The second-order valence-electron chi connectivity index (χ2n) is 5.01. The van der Waals surface area contributed by atoms with Crippen molar-refractivity contribution < 1.29 is 8.68 Å². The average molecular weight is 281 g/mol. The van der Waals surface area contributed by atoms with E-state index in [1.54, 1.807) is 17.5 Å². The molecule has 0 bridgehead atoms. The molecule has 0 unspecified atom stereocenters. The minimum Gasteiger partial charge on any atom is -0.245 e. The predicted molar refractivity (Wildman–Crippen MR) is 80.8 cm³/mol. The van der Waals surface area contributed by atoms with E-state index in [0.717, 1.165) is 37.5 Å². The minimum absolute atomic E-state index is 0.706. The van der Waals surface area contributed by atoms with Crippen LogP contribution >= 0.6 is 11.3 Å². The number of aryl methyl sites for hydroxylation is 1. The molecular weight excluding hydrogens is 266 g/mol. The van der Waals surface area contributed by atoms with Crippen LogP contribution in [0, 0.1) is 0 Å². The van der Waals surface area contributed by atoms with E-state index in [-0.39, 0.29) is 0 Å². The highest BCUT2D eigenvalue weighted by Crippen LogP contribution is 2.37. The molecule has 1 aliphatic rings. The second-order valence-corrected chi connectivity index (χ2v) is 5.99. The van der Waals surface area contributed by atoms with Crippen LogP contribution in [0.5, 0.6) is 0 Å². The van der Waals surface area contributed by atoms with Gasteiger partial charge in [-0.15, -0.1) is 0 Å². The van der Waals surface area contributed by atoms with Crippen LogP contribution in [0.15, 0.2) is 42.6 Å². The van der Waals surface area contributed by atoms with Gasteiger partial charge in [0.25, 0.3) is 5.82 Å². The Morgan fingerprint density at radius 1 is 1.30 bits per heavy atom. The largest absolute Gasteiger partial charge is 0.291 e. The number of thiophene rings is 1. The van der Waals surface area contributed by atoms with Crippen LogP contribution in [0.4, 0.5) is 0 Å². The number of nitrogens with zero attached hydrogens (tertiary/aromatic N) is 3. The van der Waals surface area contributed by atoms with Crippen LogP contribution in [0.3, 0.4) is 0 Å². The van der Waals surface area contributed by atoms with Crippen LogP contribution in [0.25, 0.3) is 32.0 Å². The number of benzene rings is 1. The van der Waals surface area contributed by atoms with Gasteiger partial charge in [0.15, 0.2) is 5.52 Å². The lowest BCUT2D eigenvalue weighted by Gasteiger charge is -1.95. The van der Waals surface area contributed by atoms with Gasteiger partial charge in [-0.3, -0.25) is 0 Å². The SMILES string of the molecule is [2H]C([2H])([2H])n1c2[n+](c3sc4ncccc4c31)Cc1ccccc1-2. The molecule has 3 nitrogen and oxygen atoms in total. The normalized spacial score (nSPS) is 15.9. The van der Waals surface area contributed by atoms with Crippen molar-refractivity contribution >= 4 is 31.9 Å². The number of fused-ring (bicyclic) bond motifs is 7. The number of pyridine rings is 1. The van der Waals surface area contributed by atoms with E-state index in [2.05, 4.69) is 15.6 Å². The van der Waals surface area contributed by atoms with E-state index in [4.69, 9.17) is 4.11 Å². The Morgan fingerprint density at radius 2 is 2.25 bits per heavy atom. The fourth-order valence-electron chi connectivity index (χ4n) is 3.09. The maximum atomic E-state index is 8.06. The van der Waals surface area contributed by atoms with E-state index >= 15 is 0 Å². The molecule has 20 heavy (non-hydrogen) atoms. The fraction of sp³-hybridized carbons (Fsp3) is 0.125. The third kappa shape index (κ3) is 1.11. The summed E-state index contributed by atoms with van der Waals surface area (Å²) in [6.07, 6.45) is 1.75. The molecule has 0 amide bonds. The molecule has 4 heteroatoms. The monoisotopic (exact) mass is 281 g/mol. The van der Waals surface area contributed by atoms with E-state index < -0.39 is 6.98 Å². The molecule has 0 saturated carbocycles. The smallest absolute Gasteiger partial charge is 0.245 e. The molecule has 0 atom stereocenters. The Bertz CT molecular complexity index is 1090. The predicted octanol–water partition coefficient (Wildman–Crippen LogP) is 3.10. The van der Waals surface area contributed by atoms with Crippen molar-refractivity contribution in [2.24, 2.45) is 6.98 Å². The summed E-state index contributed by atoms with van der Waals surface area (Å²) in [5.41, 5.74) is 2.93. The number of hydrogen-bond donors (Lipinski definition) is 0. The highest BCUT2D eigenvalue weighted by Gasteiger charge is 2.34. The Balaban J connectivity index is 2.01. The van der Waals surface area contributed by atoms with Crippen molar-refractivity contribution in [2.75, 3.05) is 0 Å². The summed E-state index contributed by atoms with van der Waals surface area (Å²) in [6, 6.07) is 11.8. The first kappa shape index (κ1) is 8.17. The van der Waals surface area contributed by atoms with Crippen LogP contribution in [-0.2, 0) is 13.5 Å². The molecule has 0 radical (unpaired) electrons. The molecule has 4 aromatic rings. The molecule has 0 spiro atoms. The summed E-state index contributed by atoms with van der Waals surface area (Å²) in [5.74, 6) is 0.771. The molecule has 4 heterocycles. The lowest BCUT2D eigenvalue weighted by atomic mass is 10.1.